The lowest BCUT2D eigenvalue weighted by Gasteiger charge is -2.23. The number of hydrogen-bond acceptors (Lipinski definition) is 4. The van der Waals surface area contributed by atoms with Gasteiger partial charge in [0.15, 0.2) is 0 Å². The monoisotopic (exact) mass is 334 g/mol. The minimum Gasteiger partial charge on any atom is -0.496 e. The molecule has 1 aromatic carbocycles. The van der Waals surface area contributed by atoms with Gasteiger partial charge in [0.05, 0.1) is 18.2 Å². The van der Waals surface area contributed by atoms with Crippen LogP contribution in [0, 0.1) is 0 Å². The van der Waals surface area contributed by atoms with E-state index in [1.807, 2.05) is 36.5 Å². The molecule has 25 heavy (non-hydrogen) atoms. The molecule has 0 bridgehead atoms. The van der Waals surface area contributed by atoms with Crippen molar-refractivity contribution in [3.05, 3.63) is 48.8 Å². The van der Waals surface area contributed by atoms with E-state index in [-0.39, 0.29) is 6.10 Å². The molecule has 1 aliphatic rings. The van der Waals surface area contributed by atoms with Gasteiger partial charge in [-0.05, 0) is 43.9 Å². The first-order valence-corrected chi connectivity index (χ1v) is 8.90. The molecular weight excluding hydrogens is 312 g/mol. The summed E-state index contributed by atoms with van der Waals surface area (Å²) in [6, 6.07) is 11.9. The number of rotatable bonds is 4. The predicted octanol–water partition coefficient (Wildman–Crippen LogP) is 5.02. The van der Waals surface area contributed by atoms with Crippen molar-refractivity contribution in [3.63, 3.8) is 0 Å². The fraction of sp³-hybridized carbons (Fsp3) is 0.333. The van der Waals surface area contributed by atoms with Gasteiger partial charge in [-0.3, -0.25) is 4.98 Å². The van der Waals surface area contributed by atoms with Crippen molar-refractivity contribution < 1.29 is 9.47 Å². The summed E-state index contributed by atoms with van der Waals surface area (Å²) < 4.78 is 11.9. The Morgan fingerprint density at radius 1 is 0.960 bits per heavy atom. The zero-order chi connectivity index (χ0) is 17.1. The first kappa shape index (κ1) is 15.9. The standard InChI is InChI=1S/C21H22N2O2/c1-24-19-12-7-10-16-17(18-11-5-6-13-22-18)14-23-21(20(16)19)25-15-8-3-2-4-9-15/h5-7,10-15H,2-4,8-9H2,1H3. The number of aromatic nitrogens is 2. The van der Waals surface area contributed by atoms with Crippen LogP contribution in [0.2, 0.25) is 0 Å². The molecule has 0 amide bonds. The summed E-state index contributed by atoms with van der Waals surface area (Å²) in [5, 5.41) is 1.98. The second kappa shape index (κ2) is 7.09. The van der Waals surface area contributed by atoms with Gasteiger partial charge >= 0.3 is 0 Å². The van der Waals surface area contributed by atoms with Crippen LogP contribution in [-0.4, -0.2) is 23.2 Å². The normalized spacial score (nSPS) is 15.2. The van der Waals surface area contributed by atoms with Gasteiger partial charge in [-0.25, -0.2) is 4.98 Å². The Bertz CT molecular complexity index is 858. The van der Waals surface area contributed by atoms with Crippen molar-refractivity contribution in [3.8, 4) is 22.9 Å². The van der Waals surface area contributed by atoms with Crippen molar-refractivity contribution in [2.45, 2.75) is 38.2 Å². The van der Waals surface area contributed by atoms with Gasteiger partial charge in [-0.2, -0.15) is 0 Å². The number of methoxy groups -OCH3 is 1. The maximum absolute atomic E-state index is 6.29. The van der Waals surface area contributed by atoms with Gasteiger partial charge in [-0.15, -0.1) is 0 Å². The highest BCUT2D eigenvalue weighted by atomic mass is 16.5. The van der Waals surface area contributed by atoms with Gasteiger partial charge in [0, 0.05) is 23.3 Å². The zero-order valence-electron chi connectivity index (χ0n) is 14.4. The Morgan fingerprint density at radius 2 is 1.84 bits per heavy atom. The molecule has 1 saturated carbocycles. The third kappa shape index (κ3) is 3.16. The average molecular weight is 334 g/mol. The molecule has 0 aliphatic heterocycles. The van der Waals surface area contributed by atoms with Crippen LogP contribution in [0.1, 0.15) is 32.1 Å². The molecule has 3 aromatic rings. The lowest BCUT2D eigenvalue weighted by Crippen LogP contribution is -2.20. The van der Waals surface area contributed by atoms with Crippen molar-refractivity contribution in [1.82, 2.24) is 9.97 Å². The highest BCUT2D eigenvalue weighted by Crippen LogP contribution is 2.38. The molecule has 2 heterocycles. The SMILES string of the molecule is COc1cccc2c(-c3ccccn3)cnc(OC3CCCCC3)c12. The van der Waals surface area contributed by atoms with Crippen LogP contribution < -0.4 is 9.47 Å². The summed E-state index contributed by atoms with van der Waals surface area (Å²) in [4.78, 5) is 9.12. The average Bonchev–Trinajstić information content (AvgIpc) is 2.69. The summed E-state index contributed by atoms with van der Waals surface area (Å²) in [5.41, 5.74) is 1.89. The molecule has 4 heteroatoms. The van der Waals surface area contributed by atoms with Crippen LogP contribution in [0.15, 0.2) is 48.8 Å². The van der Waals surface area contributed by atoms with E-state index in [9.17, 15) is 0 Å². The predicted molar refractivity (Wildman–Crippen MR) is 99.0 cm³/mol. The lowest BCUT2D eigenvalue weighted by atomic mass is 9.97. The molecule has 0 spiro atoms. The highest BCUT2D eigenvalue weighted by molar-refractivity contribution is 6.01. The van der Waals surface area contributed by atoms with Crippen LogP contribution in [0.5, 0.6) is 11.6 Å². The van der Waals surface area contributed by atoms with E-state index in [4.69, 9.17) is 9.47 Å². The maximum Gasteiger partial charge on any atom is 0.225 e. The second-order valence-electron chi connectivity index (χ2n) is 6.45. The van der Waals surface area contributed by atoms with Crippen molar-refractivity contribution in [1.29, 1.82) is 0 Å². The molecular formula is C21H22N2O2. The van der Waals surface area contributed by atoms with Crippen molar-refractivity contribution in [2.75, 3.05) is 7.11 Å². The highest BCUT2D eigenvalue weighted by Gasteiger charge is 2.20. The molecule has 0 saturated heterocycles. The Hall–Kier alpha value is -2.62. The summed E-state index contributed by atoms with van der Waals surface area (Å²) in [6.45, 7) is 0. The minimum absolute atomic E-state index is 0.245. The van der Waals surface area contributed by atoms with E-state index in [1.165, 1.54) is 19.3 Å². The number of fused-ring (bicyclic) bond motifs is 1. The third-order valence-corrected chi connectivity index (χ3v) is 4.83. The van der Waals surface area contributed by atoms with E-state index >= 15 is 0 Å². The van der Waals surface area contributed by atoms with Crippen molar-refractivity contribution in [2.24, 2.45) is 0 Å². The Morgan fingerprint density at radius 3 is 2.60 bits per heavy atom. The fourth-order valence-corrected chi connectivity index (χ4v) is 3.56. The van der Waals surface area contributed by atoms with Crippen LogP contribution in [0.3, 0.4) is 0 Å². The summed E-state index contributed by atoms with van der Waals surface area (Å²) in [7, 11) is 1.69. The largest absolute Gasteiger partial charge is 0.496 e. The summed E-state index contributed by atoms with van der Waals surface area (Å²) >= 11 is 0. The minimum atomic E-state index is 0.245. The fourth-order valence-electron chi connectivity index (χ4n) is 3.56. The summed E-state index contributed by atoms with van der Waals surface area (Å²) in [6.07, 6.45) is 9.86. The van der Waals surface area contributed by atoms with Crippen LogP contribution in [0.4, 0.5) is 0 Å². The second-order valence-corrected chi connectivity index (χ2v) is 6.45. The van der Waals surface area contributed by atoms with Gasteiger partial charge < -0.3 is 9.47 Å². The topological polar surface area (TPSA) is 44.2 Å². The van der Waals surface area contributed by atoms with Gasteiger partial charge in [0.2, 0.25) is 5.88 Å². The molecule has 0 N–H and O–H groups in total. The number of ether oxygens (including phenoxy) is 2. The number of pyridine rings is 2. The maximum atomic E-state index is 6.29. The summed E-state index contributed by atoms with van der Waals surface area (Å²) in [5.74, 6) is 1.45. The first-order chi connectivity index (χ1) is 12.4. The smallest absolute Gasteiger partial charge is 0.225 e. The number of benzene rings is 1. The molecule has 0 radical (unpaired) electrons. The Kier molecular flexibility index (Phi) is 4.51. The zero-order valence-corrected chi connectivity index (χ0v) is 14.4. The molecule has 0 unspecified atom stereocenters. The van der Waals surface area contributed by atoms with Crippen LogP contribution >= 0.6 is 0 Å². The number of hydrogen-bond donors (Lipinski definition) is 0. The molecule has 1 aliphatic carbocycles. The van der Waals surface area contributed by atoms with Gasteiger partial charge in [0.25, 0.3) is 0 Å². The lowest BCUT2D eigenvalue weighted by molar-refractivity contribution is 0.150. The van der Waals surface area contributed by atoms with E-state index in [1.54, 1.807) is 13.3 Å². The van der Waals surface area contributed by atoms with Gasteiger partial charge in [-0.1, -0.05) is 24.6 Å². The molecule has 0 atom stereocenters. The molecule has 1 fully saturated rings. The van der Waals surface area contributed by atoms with E-state index in [0.29, 0.717) is 5.88 Å². The van der Waals surface area contributed by atoms with Crippen molar-refractivity contribution >= 4 is 10.8 Å². The molecule has 2 aromatic heterocycles. The van der Waals surface area contributed by atoms with Crippen LogP contribution in [0.25, 0.3) is 22.0 Å². The van der Waals surface area contributed by atoms with E-state index < -0.39 is 0 Å². The van der Waals surface area contributed by atoms with Gasteiger partial charge in [0.1, 0.15) is 11.9 Å². The first-order valence-electron chi connectivity index (χ1n) is 8.90. The molecule has 4 rings (SSSR count). The quantitative estimate of drug-likeness (QED) is 0.672. The Balaban J connectivity index is 1.84. The molecule has 4 nitrogen and oxygen atoms in total. The third-order valence-electron chi connectivity index (χ3n) is 4.83. The Labute approximate surface area is 147 Å². The van der Waals surface area contributed by atoms with E-state index in [0.717, 1.165) is 40.6 Å². The van der Waals surface area contributed by atoms with Crippen LogP contribution in [-0.2, 0) is 0 Å². The van der Waals surface area contributed by atoms with E-state index in [2.05, 4.69) is 16.0 Å². The molecule has 128 valence electrons. The number of nitrogens with zero attached hydrogens (tertiary/aromatic N) is 2.